The van der Waals surface area contributed by atoms with Crippen molar-refractivity contribution in [2.45, 2.75) is 37.0 Å². The highest BCUT2D eigenvalue weighted by molar-refractivity contribution is 7.85. The van der Waals surface area contributed by atoms with Crippen molar-refractivity contribution in [3.8, 4) is 0 Å². The smallest absolute Gasteiger partial charge is 0.0564 e. The van der Waals surface area contributed by atoms with Gasteiger partial charge in [0.05, 0.1) is 10.8 Å². The van der Waals surface area contributed by atoms with E-state index in [0.717, 1.165) is 17.0 Å². The molecule has 1 heterocycles. The first-order valence-electron chi connectivity index (χ1n) is 5.99. The molecular weight excluding hydrogens is 254 g/mol. The molecule has 0 bridgehead atoms. The van der Waals surface area contributed by atoms with Crippen molar-refractivity contribution in [2.75, 3.05) is 6.54 Å². The standard InChI is InChI=1S/C13H18ClNOS/c1-4-15-13-8(2)9(3)17(16)12-6-5-10(14)7-11(12)13/h5-9,13,15H,4H2,1-3H3. The minimum atomic E-state index is -0.921. The summed E-state index contributed by atoms with van der Waals surface area (Å²) in [5.41, 5.74) is 1.10. The highest BCUT2D eigenvalue weighted by Gasteiger charge is 2.35. The van der Waals surface area contributed by atoms with E-state index in [1.165, 1.54) is 0 Å². The van der Waals surface area contributed by atoms with Crippen molar-refractivity contribution in [3.63, 3.8) is 0 Å². The van der Waals surface area contributed by atoms with E-state index >= 15 is 0 Å². The van der Waals surface area contributed by atoms with Crippen LogP contribution >= 0.6 is 11.6 Å². The van der Waals surface area contributed by atoms with Crippen molar-refractivity contribution in [1.29, 1.82) is 0 Å². The number of rotatable bonds is 2. The van der Waals surface area contributed by atoms with Gasteiger partial charge in [0, 0.05) is 21.2 Å². The highest BCUT2D eigenvalue weighted by Crippen LogP contribution is 2.39. The maximum atomic E-state index is 12.3. The van der Waals surface area contributed by atoms with Crippen LogP contribution in [0.15, 0.2) is 23.1 Å². The van der Waals surface area contributed by atoms with Gasteiger partial charge in [0.2, 0.25) is 0 Å². The molecule has 0 saturated carbocycles. The van der Waals surface area contributed by atoms with E-state index < -0.39 is 10.8 Å². The Morgan fingerprint density at radius 3 is 2.76 bits per heavy atom. The van der Waals surface area contributed by atoms with Gasteiger partial charge in [-0.3, -0.25) is 4.21 Å². The van der Waals surface area contributed by atoms with Gasteiger partial charge in [0.15, 0.2) is 0 Å². The summed E-state index contributed by atoms with van der Waals surface area (Å²) in [7, 11) is -0.921. The quantitative estimate of drug-likeness (QED) is 0.895. The molecule has 17 heavy (non-hydrogen) atoms. The molecule has 1 aliphatic rings. The summed E-state index contributed by atoms with van der Waals surface area (Å²) in [4.78, 5) is 0.936. The fraction of sp³-hybridized carbons (Fsp3) is 0.538. The van der Waals surface area contributed by atoms with Crippen LogP contribution in [0.3, 0.4) is 0 Å². The summed E-state index contributed by atoms with van der Waals surface area (Å²) in [6.07, 6.45) is 0. The fourth-order valence-corrected chi connectivity index (χ4v) is 4.16. The second kappa shape index (κ2) is 5.09. The second-order valence-electron chi connectivity index (χ2n) is 4.58. The minimum absolute atomic E-state index is 0.174. The molecule has 0 radical (unpaired) electrons. The molecule has 2 rings (SSSR count). The van der Waals surface area contributed by atoms with Gasteiger partial charge < -0.3 is 5.32 Å². The minimum Gasteiger partial charge on any atom is -0.310 e. The summed E-state index contributed by atoms with van der Waals surface area (Å²) < 4.78 is 12.3. The molecule has 0 amide bonds. The number of hydrogen-bond donors (Lipinski definition) is 1. The second-order valence-corrected chi connectivity index (χ2v) is 6.79. The monoisotopic (exact) mass is 271 g/mol. The van der Waals surface area contributed by atoms with Gasteiger partial charge in [-0.15, -0.1) is 0 Å². The molecule has 4 unspecified atom stereocenters. The predicted molar refractivity (Wildman–Crippen MR) is 72.9 cm³/mol. The number of nitrogens with one attached hydrogen (secondary N) is 1. The lowest BCUT2D eigenvalue weighted by Gasteiger charge is -2.35. The number of hydrogen-bond acceptors (Lipinski definition) is 2. The van der Waals surface area contributed by atoms with Gasteiger partial charge in [0.1, 0.15) is 0 Å². The molecule has 4 atom stereocenters. The molecule has 94 valence electrons. The van der Waals surface area contributed by atoms with Gasteiger partial charge in [-0.1, -0.05) is 32.4 Å². The molecule has 2 nitrogen and oxygen atoms in total. The van der Waals surface area contributed by atoms with Crippen molar-refractivity contribution >= 4 is 22.4 Å². The topological polar surface area (TPSA) is 29.1 Å². The maximum Gasteiger partial charge on any atom is 0.0564 e. The van der Waals surface area contributed by atoms with E-state index in [1.807, 2.05) is 18.2 Å². The zero-order valence-corrected chi connectivity index (χ0v) is 11.9. The van der Waals surface area contributed by atoms with E-state index in [4.69, 9.17) is 11.6 Å². The molecule has 1 aliphatic heterocycles. The molecule has 0 aromatic heterocycles. The maximum absolute atomic E-state index is 12.3. The van der Waals surface area contributed by atoms with Gasteiger partial charge in [-0.05, 0) is 36.2 Å². The first kappa shape index (κ1) is 13.1. The zero-order chi connectivity index (χ0) is 12.6. The molecule has 1 N–H and O–H groups in total. The van der Waals surface area contributed by atoms with E-state index in [2.05, 4.69) is 26.1 Å². The summed E-state index contributed by atoms with van der Waals surface area (Å²) in [6.45, 7) is 7.20. The SMILES string of the molecule is CCNC1c2cc(Cl)ccc2S(=O)C(C)C1C. The third-order valence-electron chi connectivity index (χ3n) is 3.55. The van der Waals surface area contributed by atoms with E-state index in [1.54, 1.807) is 0 Å². The van der Waals surface area contributed by atoms with E-state index in [-0.39, 0.29) is 11.3 Å². The van der Waals surface area contributed by atoms with E-state index in [0.29, 0.717) is 10.9 Å². The largest absolute Gasteiger partial charge is 0.310 e. The molecule has 0 aliphatic carbocycles. The third kappa shape index (κ3) is 2.28. The average Bonchev–Trinajstić information content (AvgIpc) is 2.32. The van der Waals surface area contributed by atoms with Crippen LogP contribution in [-0.4, -0.2) is 16.0 Å². The lowest BCUT2D eigenvalue weighted by molar-refractivity contribution is 0.373. The van der Waals surface area contributed by atoms with Crippen molar-refractivity contribution in [1.82, 2.24) is 5.32 Å². The van der Waals surface area contributed by atoms with Gasteiger partial charge in [-0.25, -0.2) is 0 Å². The van der Waals surface area contributed by atoms with Crippen LogP contribution < -0.4 is 5.32 Å². The molecule has 1 aromatic carbocycles. The van der Waals surface area contributed by atoms with Crippen LogP contribution in [0.1, 0.15) is 32.4 Å². The van der Waals surface area contributed by atoms with Crippen LogP contribution in [0, 0.1) is 5.92 Å². The van der Waals surface area contributed by atoms with Crippen LogP contribution in [0.25, 0.3) is 0 Å². The summed E-state index contributed by atoms with van der Waals surface area (Å²) in [6, 6.07) is 5.93. The molecule has 4 heteroatoms. The summed E-state index contributed by atoms with van der Waals surface area (Å²) in [5.74, 6) is 0.349. The number of benzene rings is 1. The van der Waals surface area contributed by atoms with Crippen LogP contribution in [0.2, 0.25) is 5.02 Å². The lowest BCUT2D eigenvalue weighted by atomic mass is 9.91. The lowest BCUT2D eigenvalue weighted by Crippen LogP contribution is -2.39. The first-order valence-corrected chi connectivity index (χ1v) is 7.58. The van der Waals surface area contributed by atoms with Crippen LogP contribution in [0.5, 0.6) is 0 Å². The zero-order valence-electron chi connectivity index (χ0n) is 10.4. The van der Waals surface area contributed by atoms with Gasteiger partial charge in [-0.2, -0.15) is 0 Å². The Morgan fingerprint density at radius 2 is 2.12 bits per heavy atom. The van der Waals surface area contributed by atoms with Crippen molar-refractivity contribution in [3.05, 3.63) is 28.8 Å². The third-order valence-corrected chi connectivity index (χ3v) is 5.70. The van der Waals surface area contributed by atoms with Crippen LogP contribution in [-0.2, 0) is 10.8 Å². The van der Waals surface area contributed by atoms with Crippen LogP contribution in [0.4, 0.5) is 0 Å². The Bertz CT molecular complexity index is 449. The first-order chi connectivity index (χ1) is 8.06. The predicted octanol–water partition coefficient (Wildman–Crippen LogP) is 3.14. The molecule has 0 saturated heterocycles. The summed E-state index contributed by atoms with van der Waals surface area (Å²) >= 11 is 6.05. The van der Waals surface area contributed by atoms with Gasteiger partial charge >= 0.3 is 0 Å². The number of halogens is 1. The normalized spacial score (nSPS) is 32.2. The van der Waals surface area contributed by atoms with Crippen molar-refractivity contribution in [2.24, 2.45) is 5.92 Å². The molecular formula is C13H18ClNOS. The Morgan fingerprint density at radius 1 is 1.41 bits per heavy atom. The van der Waals surface area contributed by atoms with E-state index in [9.17, 15) is 4.21 Å². The highest BCUT2D eigenvalue weighted by atomic mass is 35.5. The Hall–Kier alpha value is -0.380. The molecule has 0 spiro atoms. The summed E-state index contributed by atoms with van der Waals surface area (Å²) in [5, 5.41) is 4.36. The Balaban J connectivity index is 2.52. The molecule has 1 aromatic rings. The molecule has 0 fully saturated rings. The Labute approximate surface area is 110 Å². The van der Waals surface area contributed by atoms with Gasteiger partial charge in [0.25, 0.3) is 0 Å². The van der Waals surface area contributed by atoms with Crippen molar-refractivity contribution < 1.29 is 4.21 Å². The average molecular weight is 272 g/mol. The number of fused-ring (bicyclic) bond motifs is 1. The Kier molecular flexibility index (Phi) is 3.91. The fourth-order valence-electron chi connectivity index (χ4n) is 2.41.